The van der Waals surface area contributed by atoms with Gasteiger partial charge >= 0.3 is 6.03 Å². The van der Waals surface area contributed by atoms with Crippen molar-refractivity contribution < 1.29 is 18.0 Å². The number of nitrogens with zero attached hydrogens (tertiary/aromatic N) is 4. The van der Waals surface area contributed by atoms with Crippen molar-refractivity contribution in [2.24, 2.45) is 0 Å². The summed E-state index contributed by atoms with van der Waals surface area (Å²) in [6.07, 6.45) is 0.675. The van der Waals surface area contributed by atoms with Gasteiger partial charge in [0.25, 0.3) is 0 Å². The second-order valence-corrected chi connectivity index (χ2v) is 8.68. The lowest BCUT2D eigenvalue weighted by Crippen LogP contribution is -2.56. The summed E-state index contributed by atoms with van der Waals surface area (Å²) in [5, 5.41) is 13.4. The van der Waals surface area contributed by atoms with Crippen LogP contribution in [0, 0.1) is 17.5 Å². The Kier molecular flexibility index (Phi) is 6.45. The highest BCUT2D eigenvalue weighted by molar-refractivity contribution is 6.00. The van der Waals surface area contributed by atoms with E-state index in [0.29, 0.717) is 37.6 Å². The minimum Gasteiger partial charge on any atom is -0.351 e. The quantitative estimate of drug-likeness (QED) is 0.389. The van der Waals surface area contributed by atoms with Crippen LogP contribution in [0.4, 0.5) is 29.5 Å². The van der Waals surface area contributed by atoms with E-state index in [-0.39, 0.29) is 17.5 Å². The predicted molar refractivity (Wildman–Crippen MR) is 133 cm³/mol. The maximum absolute atomic E-state index is 14.0. The molecule has 3 aromatic carbocycles. The van der Waals surface area contributed by atoms with E-state index in [1.54, 1.807) is 17.0 Å². The van der Waals surface area contributed by atoms with Gasteiger partial charge in [0.15, 0.2) is 5.82 Å². The lowest BCUT2D eigenvalue weighted by atomic mass is 10.0. The Morgan fingerprint density at radius 1 is 0.944 bits per heavy atom. The zero-order valence-corrected chi connectivity index (χ0v) is 19.6. The standard InChI is InChI=1S/C27H24F3N5O/c1-2-20-16-34(13-14-35(20)27(36)31-24-12-11-19(29)15-23(24)30)26-22-6-4-3-5-21(22)25(32-33-26)17-7-9-18(28)10-8-17/h3-12,15,20H,2,13-14,16H2,1H3,(H,31,36)/t20-/m0/s1. The first-order chi connectivity index (χ1) is 17.4. The van der Waals surface area contributed by atoms with Gasteiger partial charge in [0.2, 0.25) is 0 Å². The molecular formula is C27H24F3N5O. The van der Waals surface area contributed by atoms with Crippen LogP contribution in [0.2, 0.25) is 0 Å². The van der Waals surface area contributed by atoms with E-state index >= 15 is 0 Å². The summed E-state index contributed by atoms with van der Waals surface area (Å²) in [6, 6.07) is 16.4. The molecule has 2 heterocycles. The first kappa shape index (κ1) is 23.6. The fraction of sp³-hybridized carbons (Fsp3) is 0.222. The Morgan fingerprint density at radius 3 is 2.39 bits per heavy atom. The summed E-state index contributed by atoms with van der Waals surface area (Å²) in [6.45, 7) is 3.39. The van der Waals surface area contributed by atoms with Crippen molar-refractivity contribution in [2.45, 2.75) is 19.4 Å². The maximum Gasteiger partial charge on any atom is 0.322 e. The number of halogens is 3. The van der Waals surface area contributed by atoms with E-state index in [4.69, 9.17) is 0 Å². The fourth-order valence-corrected chi connectivity index (χ4v) is 4.59. The zero-order chi connectivity index (χ0) is 25.2. The van der Waals surface area contributed by atoms with Crippen LogP contribution in [-0.4, -0.2) is 46.8 Å². The normalized spacial score (nSPS) is 15.8. The molecule has 5 rings (SSSR count). The van der Waals surface area contributed by atoms with Crippen molar-refractivity contribution >= 4 is 28.3 Å². The van der Waals surface area contributed by atoms with Gasteiger partial charge in [0.05, 0.1) is 11.7 Å². The molecule has 1 N–H and O–H groups in total. The summed E-state index contributed by atoms with van der Waals surface area (Å²) >= 11 is 0. The number of rotatable bonds is 4. The van der Waals surface area contributed by atoms with Gasteiger partial charge in [-0.1, -0.05) is 31.2 Å². The molecule has 1 aliphatic rings. The van der Waals surface area contributed by atoms with Crippen LogP contribution < -0.4 is 10.2 Å². The SMILES string of the molecule is CC[C@H]1CN(c2nnc(-c3ccc(F)cc3)c3ccccc23)CCN1C(=O)Nc1ccc(F)cc1F. The average Bonchev–Trinajstić information content (AvgIpc) is 2.90. The van der Waals surface area contributed by atoms with E-state index in [1.165, 1.54) is 18.2 Å². The van der Waals surface area contributed by atoms with Crippen LogP contribution in [0.3, 0.4) is 0 Å². The van der Waals surface area contributed by atoms with Crippen molar-refractivity contribution in [1.29, 1.82) is 0 Å². The second-order valence-electron chi connectivity index (χ2n) is 8.68. The van der Waals surface area contributed by atoms with Gasteiger partial charge in [-0.2, -0.15) is 0 Å². The number of fused-ring (bicyclic) bond motifs is 1. The van der Waals surface area contributed by atoms with Crippen LogP contribution in [0.5, 0.6) is 0 Å². The molecule has 6 nitrogen and oxygen atoms in total. The lowest BCUT2D eigenvalue weighted by molar-refractivity contribution is 0.176. The molecule has 184 valence electrons. The molecule has 0 saturated carbocycles. The molecule has 1 atom stereocenters. The molecule has 0 spiro atoms. The van der Waals surface area contributed by atoms with Gasteiger partial charge in [-0.15, -0.1) is 10.2 Å². The molecule has 4 aromatic rings. The molecule has 0 aliphatic carbocycles. The third-order valence-corrected chi connectivity index (χ3v) is 6.47. The summed E-state index contributed by atoms with van der Waals surface area (Å²) in [4.78, 5) is 16.7. The molecule has 0 radical (unpaired) electrons. The minimum atomic E-state index is -0.821. The Labute approximate surface area is 206 Å². The van der Waals surface area contributed by atoms with Gasteiger partial charge < -0.3 is 15.1 Å². The van der Waals surface area contributed by atoms with Crippen LogP contribution in [0.25, 0.3) is 22.0 Å². The first-order valence-electron chi connectivity index (χ1n) is 11.7. The first-order valence-corrected chi connectivity index (χ1v) is 11.7. The van der Waals surface area contributed by atoms with E-state index < -0.39 is 17.7 Å². The van der Waals surface area contributed by atoms with Crippen molar-refractivity contribution in [2.75, 3.05) is 29.9 Å². The molecule has 1 aliphatic heterocycles. The molecule has 1 fully saturated rings. The highest BCUT2D eigenvalue weighted by atomic mass is 19.1. The molecule has 2 amide bonds. The zero-order valence-electron chi connectivity index (χ0n) is 19.6. The van der Waals surface area contributed by atoms with Gasteiger partial charge in [0.1, 0.15) is 23.1 Å². The van der Waals surface area contributed by atoms with E-state index in [1.807, 2.05) is 31.2 Å². The number of benzene rings is 3. The Balaban J connectivity index is 1.39. The number of nitrogens with one attached hydrogen (secondary N) is 1. The second kappa shape index (κ2) is 9.85. The van der Waals surface area contributed by atoms with E-state index in [9.17, 15) is 18.0 Å². The number of carbonyl (C=O) groups excluding carboxylic acids is 1. The van der Waals surface area contributed by atoms with Gasteiger partial charge in [0, 0.05) is 42.0 Å². The summed E-state index contributed by atoms with van der Waals surface area (Å²) in [5.74, 6) is -1.13. The van der Waals surface area contributed by atoms with Crippen molar-refractivity contribution in [3.05, 3.63) is 84.2 Å². The van der Waals surface area contributed by atoms with E-state index in [2.05, 4.69) is 20.4 Å². The Bertz CT molecular complexity index is 1410. The molecule has 0 bridgehead atoms. The summed E-state index contributed by atoms with van der Waals surface area (Å²) < 4.78 is 40.7. The summed E-state index contributed by atoms with van der Waals surface area (Å²) in [5.41, 5.74) is 1.38. The molecular weight excluding hydrogens is 467 g/mol. The fourth-order valence-electron chi connectivity index (χ4n) is 4.59. The number of carbonyl (C=O) groups is 1. The molecule has 1 aromatic heterocycles. The topological polar surface area (TPSA) is 61.4 Å². The number of urea groups is 1. The number of anilines is 2. The number of aromatic nitrogens is 2. The molecule has 1 saturated heterocycles. The van der Waals surface area contributed by atoms with Crippen molar-refractivity contribution in [1.82, 2.24) is 15.1 Å². The van der Waals surface area contributed by atoms with Crippen molar-refractivity contribution in [3.63, 3.8) is 0 Å². The third-order valence-electron chi connectivity index (χ3n) is 6.47. The highest BCUT2D eigenvalue weighted by Gasteiger charge is 2.31. The predicted octanol–water partition coefficient (Wildman–Crippen LogP) is 5.85. The highest BCUT2D eigenvalue weighted by Crippen LogP contribution is 2.32. The molecule has 0 unspecified atom stereocenters. The van der Waals surface area contributed by atoms with Crippen LogP contribution in [0.15, 0.2) is 66.7 Å². The number of hydrogen-bond donors (Lipinski definition) is 1. The minimum absolute atomic E-state index is 0.0630. The number of amides is 2. The number of hydrogen-bond acceptors (Lipinski definition) is 4. The largest absolute Gasteiger partial charge is 0.351 e. The van der Waals surface area contributed by atoms with Crippen LogP contribution in [0.1, 0.15) is 13.3 Å². The monoisotopic (exact) mass is 491 g/mol. The van der Waals surface area contributed by atoms with Gasteiger partial charge in [-0.3, -0.25) is 0 Å². The average molecular weight is 492 g/mol. The Morgan fingerprint density at radius 2 is 1.67 bits per heavy atom. The smallest absolute Gasteiger partial charge is 0.322 e. The summed E-state index contributed by atoms with van der Waals surface area (Å²) in [7, 11) is 0. The lowest BCUT2D eigenvalue weighted by Gasteiger charge is -2.41. The van der Waals surface area contributed by atoms with Crippen LogP contribution >= 0.6 is 0 Å². The van der Waals surface area contributed by atoms with E-state index in [0.717, 1.165) is 28.5 Å². The number of piperazine rings is 1. The molecule has 9 heteroatoms. The maximum atomic E-state index is 14.0. The van der Waals surface area contributed by atoms with Crippen LogP contribution in [-0.2, 0) is 0 Å². The van der Waals surface area contributed by atoms with Crippen molar-refractivity contribution in [3.8, 4) is 11.3 Å². The van der Waals surface area contributed by atoms with Gasteiger partial charge in [-0.25, -0.2) is 18.0 Å². The Hall–Kier alpha value is -4.14. The molecule has 36 heavy (non-hydrogen) atoms. The van der Waals surface area contributed by atoms with Gasteiger partial charge in [-0.05, 0) is 42.8 Å². The third kappa shape index (κ3) is 4.56.